The smallest absolute Gasteiger partial charge is 0.399 e. The number of nitrogens with one attached hydrogen (secondary N) is 1. The van der Waals surface area contributed by atoms with Gasteiger partial charge in [0.1, 0.15) is 0 Å². The van der Waals surface area contributed by atoms with E-state index in [1.54, 1.807) is 0 Å². The lowest BCUT2D eigenvalue weighted by molar-refractivity contribution is 0.00578. The van der Waals surface area contributed by atoms with Crippen LogP contribution >= 0.6 is 0 Å². The minimum absolute atomic E-state index is 0.00554. The van der Waals surface area contributed by atoms with Crippen LogP contribution < -0.4 is 10.8 Å². The summed E-state index contributed by atoms with van der Waals surface area (Å²) in [5, 5.41) is 2.89. The van der Waals surface area contributed by atoms with Gasteiger partial charge in [-0.15, -0.1) is 0 Å². The maximum Gasteiger partial charge on any atom is 0.495 e. The van der Waals surface area contributed by atoms with Crippen LogP contribution in [0.4, 0.5) is 0 Å². The Balaban J connectivity index is 2.01. The molecule has 21 heavy (non-hydrogen) atoms. The van der Waals surface area contributed by atoms with Gasteiger partial charge in [0.05, 0.1) is 11.2 Å². The fourth-order valence-electron chi connectivity index (χ4n) is 2.83. The lowest BCUT2D eigenvalue weighted by Gasteiger charge is -2.32. The van der Waals surface area contributed by atoms with Crippen molar-refractivity contribution in [2.45, 2.75) is 52.2 Å². The summed E-state index contributed by atoms with van der Waals surface area (Å²) in [6.45, 7) is 10.9. The highest BCUT2D eigenvalue weighted by molar-refractivity contribution is 6.62. The van der Waals surface area contributed by atoms with Gasteiger partial charge in [0, 0.05) is 12.1 Å². The molecule has 0 radical (unpaired) electrons. The molecule has 0 bridgehead atoms. The van der Waals surface area contributed by atoms with Crippen molar-refractivity contribution < 1.29 is 14.1 Å². The molecule has 3 rings (SSSR count). The normalized spacial score (nSPS) is 22.9. The molecule has 2 heterocycles. The molecule has 0 saturated carbocycles. The summed E-state index contributed by atoms with van der Waals surface area (Å²) >= 11 is 0. The molecule has 1 aromatic carbocycles. The fraction of sp³-hybridized carbons (Fsp3) is 0.562. The van der Waals surface area contributed by atoms with E-state index in [2.05, 4.69) is 11.4 Å². The van der Waals surface area contributed by atoms with E-state index in [1.165, 1.54) is 0 Å². The quantitative estimate of drug-likeness (QED) is 0.798. The third-order valence-corrected chi connectivity index (χ3v) is 4.92. The van der Waals surface area contributed by atoms with Gasteiger partial charge < -0.3 is 14.6 Å². The lowest BCUT2D eigenvalue weighted by atomic mass is 9.74. The second kappa shape index (κ2) is 4.58. The van der Waals surface area contributed by atoms with Gasteiger partial charge in [0.2, 0.25) is 0 Å². The highest BCUT2D eigenvalue weighted by atomic mass is 16.7. The first-order valence-corrected chi connectivity index (χ1v) is 7.48. The van der Waals surface area contributed by atoms with Crippen LogP contribution in [0, 0.1) is 6.92 Å². The van der Waals surface area contributed by atoms with Crippen molar-refractivity contribution in [1.82, 2.24) is 5.32 Å². The van der Waals surface area contributed by atoms with E-state index >= 15 is 0 Å². The molecule has 1 N–H and O–H groups in total. The zero-order valence-corrected chi connectivity index (χ0v) is 13.4. The van der Waals surface area contributed by atoms with Crippen LogP contribution in [0.3, 0.4) is 0 Å². The molecular formula is C16H22BNO3. The predicted octanol–water partition coefficient (Wildman–Crippen LogP) is 1.58. The Kier molecular flexibility index (Phi) is 3.19. The standard InChI is InChI=1S/C16H22BNO3/c1-10-8-11-6-7-18-14(19)12(11)9-13(10)17-20-15(2,3)16(4,5)21-17/h8-9H,6-7H2,1-5H3,(H,18,19). The minimum atomic E-state index is -0.421. The number of rotatable bonds is 1. The Hall–Kier alpha value is -1.33. The molecule has 4 nitrogen and oxygen atoms in total. The number of amides is 1. The minimum Gasteiger partial charge on any atom is -0.399 e. The molecule has 0 atom stereocenters. The maximum atomic E-state index is 12.0. The van der Waals surface area contributed by atoms with E-state index in [0.29, 0.717) is 6.54 Å². The molecule has 1 saturated heterocycles. The van der Waals surface area contributed by atoms with Gasteiger partial charge in [-0.05, 0) is 58.1 Å². The summed E-state index contributed by atoms with van der Waals surface area (Å²) in [6.07, 6.45) is 0.881. The second-order valence-electron chi connectivity index (χ2n) is 6.96. The Morgan fingerprint density at radius 2 is 1.76 bits per heavy atom. The van der Waals surface area contributed by atoms with Crippen LogP contribution in [0.5, 0.6) is 0 Å². The Bertz CT molecular complexity index is 594. The Labute approximate surface area is 126 Å². The number of hydrogen-bond donors (Lipinski definition) is 1. The van der Waals surface area contributed by atoms with Gasteiger partial charge in [-0.2, -0.15) is 0 Å². The molecule has 0 unspecified atom stereocenters. The highest BCUT2D eigenvalue weighted by Crippen LogP contribution is 2.36. The third-order valence-electron chi connectivity index (χ3n) is 4.92. The van der Waals surface area contributed by atoms with Crippen molar-refractivity contribution in [3.63, 3.8) is 0 Å². The van der Waals surface area contributed by atoms with Gasteiger partial charge in [0.15, 0.2) is 0 Å². The first-order valence-electron chi connectivity index (χ1n) is 7.48. The molecule has 2 aliphatic rings. The molecule has 0 spiro atoms. The van der Waals surface area contributed by atoms with E-state index in [0.717, 1.165) is 28.6 Å². The molecule has 1 fully saturated rings. The lowest BCUT2D eigenvalue weighted by Crippen LogP contribution is -2.41. The van der Waals surface area contributed by atoms with Crippen LogP contribution in [0.15, 0.2) is 12.1 Å². The summed E-state index contributed by atoms with van der Waals surface area (Å²) < 4.78 is 12.2. The van der Waals surface area contributed by atoms with Crippen molar-refractivity contribution in [2.24, 2.45) is 0 Å². The summed E-state index contributed by atoms with van der Waals surface area (Å²) in [5.41, 5.74) is 3.17. The van der Waals surface area contributed by atoms with Crippen LogP contribution in [-0.4, -0.2) is 30.8 Å². The number of carbonyl (C=O) groups excluding carboxylic acids is 1. The second-order valence-corrected chi connectivity index (χ2v) is 6.96. The molecule has 0 aromatic heterocycles. The zero-order valence-electron chi connectivity index (χ0n) is 13.4. The van der Waals surface area contributed by atoms with Crippen molar-refractivity contribution in [1.29, 1.82) is 0 Å². The molecular weight excluding hydrogens is 265 g/mol. The van der Waals surface area contributed by atoms with Gasteiger partial charge in [-0.3, -0.25) is 4.79 Å². The van der Waals surface area contributed by atoms with Crippen LogP contribution in [-0.2, 0) is 15.7 Å². The molecule has 0 aliphatic carbocycles. The largest absolute Gasteiger partial charge is 0.495 e. The van der Waals surface area contributed by atoms with Crippen molar-refractivity contribution in [2.75, 3.05) is 6.54 Å². The molecule has 5 heteroatoms. The monoisotopic (exact) mass is 287 g/mol. The number of fused-ring (bicyclic) bond motifs is 1. The van der Waals surface area contributed by atoms with E-state index in [-0.39, 0.29) is 17.1 Å². The maximum absolute atomic E-state index is 12.0. The summed E-state index contributed by atoms with van der Waals surface area (Å²) in [4.78, 5) is 12.0. The van der Waals surface area contributed by atoms with Crippen molar-refractivity contribution in [3.05, 3.63) is 28.8 Å². The molecule has 112 valence electrons. The van der Waals surface area contributed by atoms with E-state index in [1.807, 2.05) is 40.7 Å². The van der Waals surface area contributed by atoms with Crippen LogP contribution in [0.1, 0.15) is 49.2 Å². The van der Waals surface area contributed by atoms with Crippen LogP contribution in [0.25, 0.3) is 0 Å². The Morgan fingerprint density at radius 1 is 1.14 bits per heavy atom. The number of carbonyl (C=O) groups is 1. The van der Waals surface area contributed by atoms with Gasteiger partial charge in [-0.1, -0.05) is 11.6 Å². The van der Waals surface area contributed by atoms with E-state index in [9.17, 15) is 4.79 Å². The van der Waals surface area contributed by atoms with Gasteiger partial charge in [0.25, 0.3) is 5.91 Å². The molecule has 1 aromatic rings. The third kappa shape index (κ3) is 2.28. The Morgan fingerprint density at radius 3 is 2.38 bits per heavy atom. The van der Waals surface area contributed by atoms with Crippen LogP contribution in [0.2, 0.25) is 0 Å². The average Bonchev–Trinajstić information content (AvgIpc) is 2.58. The highest BCUT2D eigenvalue weighted by Gasteiger charge is 2.52. The summed E-state index contributed by atoms with van der Waals surface area (Å²) in [6, 6.07) is 4.02. The summed E-state index contributed by atoms with van der Waals surface area (Å²) in [5.74, 6) is -0.00554. The van der Waals surface area contributed by atoms with Crippen molar-refractivity contribution >= 4 is 18.5 Å². The first-order chi connectivity index (χ1) is 9.71. The number of hydrogen-bond acceptors (Lipinski definition) is 3. The SMILES string of the molecule is Cc1cc2c(cc1B1OC(C)(C)C(C)(C)O1)C(=O)NCC2. The summed E-state index contributed by atoms with van der Waals surface area (Å²) in [7, 11) is -0.421. The van der Waals surface area contributed by atoms with Gasteiger partial charge in [-0.25, -0.2) is 0 Å². The molecule has 1 amide bonds. The van der Waals surface area contributed by atoms with Gasteiger partial charge >= 0.3 is 7.12 Å². The topological polar surface area (TPSA) is 47.6 Å². The first kappa shape index (κ1) is 14.6. The van der Waals surface area contributed by atoms with Crippen molar-refractivity contribution in [3.8, 4) is 0 Å². The zero-order chi connectivity index (χ0) is 15.4. The van der Waals surface area contributed by atoms with E-state index in [4.69, 9.17) is 9.31 Å². The number of benzene rings is 1. The fourth-order valence-corrected chi connectivity index (χ4v) is 2.83. The average molecular weight is 287 g/mol. The molecule has 2 aliphatic heterocycles. The number of aryl methyl sites for hydroxylation is 1. The van der Waals surface area contributed by atoms with E-state index < -0.39 is 7.12 Å². The predicted molar refractivity (Wildman–Crippen MR) is 82.9 cm³/mol.